The molecule has 1 aromatic carbocycles. The maximum atomic E-state index is 12.5. The molecule has 1 aliphatic rings. The van der Waals surface area contributed by atoms with Crippen molar-refractivity contribution in [3.63, 3.8) is 0 Å². The van der Waals surface area contributed by atoms with Crippen molar-refractivity contribution in [1.82, 2.24) is 4.98 Å². The molecule has 3 rings (SSSR count). The fourth-order valence-corrected chi connectivity index (χ4v) is 3.11. The van der Waals surface area contributed by atoms with E-state index in [0.29, 0.717) is 5.92 Å². The largest absolute Gasteiger partial charge is 0.294 e. The van der Waals surface area contributed by atoms with Crippen molar-refractivity contribution in [2.75, 3.05) is 0 Å². The second-order valence-corrected chi connectivity index (χ2v) is 5.75. The number of aromatic nitrogens is 1. The van der Waals surface area contributed by atoms with Crippen molar-refractivity contribution in [3.05, 3.63) is 42.1 Å². The number of benzene rings is 1. The third-order valence-electron chi connectivity index (χ3n) is 4.18. The van der Waals surface area contributed by atoms with Crippen molar-refractivity contribution < 1.29 is 4.79 Å². The smallest absolute Gasteiger partial charge is 0.167 e. The molecule has 1 saturated carbocycles. The predicted molar refractivity (Wildman–Crippen MR) is 77.2 cm³/mol. The van der Waals surface area contributed by atoms with Gasteiger partial charge in [-0.25, -0.2) is 0 Å². The number of fused-ring (bicyclic) bond motifs is 1. The topological polar surface area (TPSA) is 30.0 Å². The molecule has 2 nitrogen and oxygen atoms in total. The van der Waals surface area contributed by atoms with E-state index >= 15 is 0 Å². The number of para-hydroxylation sites is 1. The van der Waals surface area contributed by atoms with Crippen LogP contribution in [0.3, 0.4) is 0 Å². The minimum Gasteiger partial charge on any atom is -0.294 e. The van der Waals surface area contributed by atoms with Gasteiger partial charge in [-0.05, 0) is 30.9 Å². The molecule has 19 heavy (non-hydrogen) atoms. The number of pyridine rings is 1. The van der Waals surface area contributed by atoms with E-state index in [0.717, 1.165) is 29.3 Å². The van der Waals surface area contributed by atoms with Crippen LogP contribution in [0.15, 0.2) is 36.5 Å². The van der Waals surface area contributed by atoms with E-state index in [9.17, 15) is 4.79 Å². The molecule has 98 valence electrons. The normalized spacial score (nSPS) is 23.4. The molecule has 0 spiro atoms. The van der Waals surface area contributed by atoms with E-state index in [4.69, 9.17) is 0 Å². The molecule has 1 aromatic heterocycles. The van der Waals surface area contributed by atoms with Crippen molar-refractivity contribution in [1.29, 1.82) is 0 Å². The third-order valence-corrected chi connectivity index (χ3v) is 4.18. The average molecular weight is 253 g/mol. The fourth-order valence-electron chi connectivity index (χ4n) is 3.11. The summed E-state index contributed by atoms with van der Waals surface area (Å²) >= 11 is 0. The zero-order chi connectivity index (χ0) is 13.2. The number of ketones is 1. The van der Waals surface area contributed by atoms with Crippen LogP contribution in [0.4, 0.5) is 0 Å². The molecule has 0 bridgehead atoms. The molecule has 0 radical (unpaired) electrons. The lowest BCUT2D eigenvalue weighted by Crippen LogP contribution is -2.22. The Kier molecular flexibility index (Phi) is 3.33. The molecular weight excluding hydrogens is 234 g/mol. The third kappa shape index (κ3) is 2.53. The van der Waals surface area contributed by atoms with Crippen LogP contribution in [0, 0.1) is 11.8 Å². The van der Waals surface area contributed by atoms with E-state index < -0.39 is 0 Å². The standard InChI is InChI=1S/C17H19NO/c1-12-5-4-7-14(9-12)17(19)15-10-13-6-2-3-8-16(13)18-11-15/h2-3,6,8,10-12,14H,4-5,7,9H2,1H3. The van der Waals surface area contributed by atoms with Gasteiger partial charge in [0.2, 0.25) is 0 Å². The van der Waals surface area contributed by atoms with Crippen LogP contribution in [0.5, 0.6) is 0 Å². The van der Waals surface area contributed by atoms with Gasteiger partial charge in [0.05, 0.1) is 5.52 Å². The molecule has 0 saturated heterocycles. The molecule has 2 heteroatoms. The van der Waals surface area contributed by atoms with Crippen molar-refractivity contribution in [2.45, 2.75) is 32.6 Å². The first-order chi connectivity index (χ1) is 9.24. The highest BCUT2D eigenvalue weighted by molar-refractivity contribution is 6.00. The number of carbonyl (C=O) groups is 1. The van der Waals surface area contributed by atoms with Gasteiger partial charge in [-0.1, -0.05) is 38.0 Å². The number of carbonyl (C=O) groups excluding carboxylic acids is 1. The van der Waals surface area contributed by atoms with Crippen LogP contribution in [0.1, 0.15) is 43.0 Å². The predicted octanol–water partition coefficient (Wildman–Crippen LogP) is 4.24. The number of rotatable bonds is 2. The monoisotopic (exact) mass is 253 g/mol. The zero-order valence-corrected chi connectivity index (χ0v) is 11.3. The number of nitrogens with zero attached hydrogens (tertiary/aromatic N) is 1. The Labute approximate surface area is 113 Å². The first-order valence-electron chi connectivity index (χ1n) is 7.13. The number of hydrogen-bond acceptors (Lipinski definition) is 2. The lowest BCUT2D eigenvalue weighted by Gasteiger charge is -2.25. The number of Topliss-reactive ketones (excluding diaryl/α,β-unsaturated/α-hetero) is 1. The van der Waals surface area contributed by atoms with Crippen LogP contribution >= 0.6 is 0 Å². The summed E-state index contributed by atoms with van der Waals surface area (Å²) in [7, 11) is 0. The van der Waals surface area contributed by atoms with Gasteiger partial charge in [0, 0.05) is 23.1 Å². The summed E-state index contributed by atoms with van der Waals surface area (Å²) in [5.74, 6) is 1.16. The van der Waals surface area contributed by atoms with Crippen LogP contribution in [0.2, 0.25) is 0 Å². The Balaban J connectivity index is 1.88. The molecule has 2 unspecified atom stereocenters. The first kappa shape index (κ1) is 12.3. The highest BCUT2D eigenvalue weighted by atomic mass is 16.1. The van der Waals surface area contributed by atoms with Crippen molar-refractivity contribution in [2.24, 2.45) is 11.8 Å². The quantitative estimate of drug-likeness (QED) is 0.749. The van der Waals surface area contributed by atoms with Crippen LogP contribution in [-0.4, -0.2) is 10.8 Å². The van der Waals surface area contributed by atoms with Gasteiger partial charge < -0.3 is 0 Å². The maximum absolute atomic E-state index is 12.5. The molecule has 0 aliphatic heterocycles. The van der Waals surface area contributed by atoms with Gasteiger partial charge in [-0.3, -0.25) is 9.78 Å². The van der Waals surface area contributed by atoms with Gasteiger partial charge >= 0.3 is 0 Å². The van der Waals surface area contributed by atoms with E-state index in [1.54, 1.807) is 6.20 Å². The van der Waals surface area contributed by atoms with E-state index in [-0.39, 0.29) is 11.7 Å². The van der Waals surface area contributed by atoms with Crippen LogP contribution in [-0.2, 0) is 0 Å². The van der Waals surface area contributed by atoms with Gasteiger partial charge in [0.15, 0.2) is 5.78 Å². The van der Waals surface area contributed by atoms with Gasteiger partial charge in [0.25, 0.3) is 0 Å². The van der Waals surface area contributed by atoms with Gasteiger partial charge in [-0.15, -0.1) is 0 Å². The van der Waals surface area contributed by atoms with E-state index in [1.807, 2.05) is 30.3 Å². The Morgan fingerprint density at radius 2 is 2.11 bits per heavy atom. The Morgan fingerprint density at radius 3 is 2.95 bits per heavy atom. The fraction of sp³-hybridized carbons (Fsp3) is 0.412. The Bertz CT molecular complexity index is 605. The Hall–Kier alpha value is -1.70. The highest BCUT2D eigenvalue weighted by Crippen LogP contribution is 2.31. The second-order valence-electron chi connectivity index (χ2n) is 5.75. The summed E-state index contributed by atoms with van der Waals surface area (Å²) in [6.45, 7) is 2.25. The van der Waals surface area contributed by atoms with E-state index in [2.05, 4.69) is 11.9 Å². The molecule has 1 fully saturated rings. The van der Waals surface area contributed by atoms with Crippen molar-refractivity contribution in [3.8, 4) is 0 Å². The summed E-state index contributed by atoms with van der Waals surface area (Å²) in [4.78, 5) is 16.9. The maximum Gasteiger partial charge on any atom is 0.167 e. The molecule has 1 aliphatic carbocycles. The average Bonchev–Trinajstić information content (AvgIpc) is 2.46. The molecule has 1 heterocycles. The minimum absolute atomic E-state index is 0.201. The SMILES string of the molecule is CC1CCCC(C(=O)c2cnc3ccccc3c2)C1. The summed E-state index contributed by atoms with van der Waals surface area (Å²) in [5, 5.41) is 1.05. The molecule has 0 amide bonds. The molecule has 2 atom stereocenters. The summed E-state index contributed by atoms with van der Waals surface area (Å²) in [6, 6.07) is 9.94. The highest BCUT2D eigenvalue weighted by Gasteiger charge is 2.26. The van der Waals surface area contributed by atoms with Crippen molar-refractivity contribution >= 4 is 16.7 Å². The number of hydrogen-bond donors (Lipinski definition) is 0. The van der Waals surface area contributed by atoms with Gasteiger partial charge in [-0.2, -0.15) is 0 Å². The lowest BCUT2D eigenvalue weighted by atomic mass is 9.79. The zero-order valence-electron chi connectivity index (χ0n) is 11.3. The molecule has 0 N–H and O–H groups in total. The van der Waals surface area contributed by atoms with Gasteiger partial charge in [0.1, 0.15) is 0 Å². The Morgan fingerprint density at radius 1 is 1.26 bits per heavy atom. The molecular formula is C17H19NO. The first-order valence-corrected chi connectivity index (χ1v) is 7.13. The summed E-state index contributed by atoms with van der Waals surface area (Å²) < 4.78 is 0. The summed E-state index contributed by atoms with van der Waals surface area (Å²) in [6.07, 6.45) is 6.25. The summed E-state index contributed by atoms with van der Waals surface area (Å²) in [5.41, 5.74) is 1.73. The lowest BCUT2D eigenvalue weighted by molar-refractivity contribution is 0.0868. The minimum atomic E-state index is 0.201. The second kappa shape index (κ2) is 5.12. The molecule has 2 aromatic rings. The van der Waals surface area contributed by atoms with Crippen LogP contribution in [0.25, 0.3) is 10.9 Å². The van der Waals surface area contributed by atoms with E-state index in [1.165, 1.54) is 12.8 Å². The van der Waals surface area contributed by atoms with Crippen LogP contribution < -0.4 is 0 Å².